The second kappa shape index (κ2) is 11.8. The van der Waals surface area contributed by atoms with Crippen LogP contribution in [-0.4, -0.2) is 75.8 Å². The van der Waals surface area contributed by atoms with E-state index in [0.717, 1.165) is 30.6 Å². The molecule has 160 valence electrons. The number of piperazine rings is 1. The number of nitrogens with zero attached hydrogens (tertiary/aromatic N) is 4. The molecule has 0 bridgehead atoms. The smallest absolute Gasteiger partial charge is 0.358 e. The Kier molecular flexibility index (Phi) is 9.48. The number of aromatic nitrogens is 1. The van der Waals surface area contributed by atoms with Crippen LogP contribution in [-0.2, 0) is 14.4 Å². The number of rotatable bonds is 11. The predicted molar refractivity (Wildman–Crippen MR) is 112 cm³/mol. The summed E-state index contributed by atoms with van der Waals surface area (Å²) in [6, 6.07) is 0. The van der Waals surface area contributed by atoms with Crippen LogP contribution in [0.15, 0.2) is 5.38 Å². The molecule has 10 nitrogen and oxygen atoms in total. The highest BCUT2D eigenvalue weighted by atomic mass is 32.1. The Bertz CT molecular complexity index is 734. The van der Waals surface area contributed by atoms with Crippen LogP contribution >= 0.6 is 24.0 Å². The van der Waals surface area contributed by atoms with Crippen LogP contribution in [0.4, 0.5) is 10.9 Å². The third-order valence-electron chi connectivity index (χ3n) is 4.54. The molecule has 0 spiro atoms. The third-order valence-corrected chi connectivity index (χ3v) is 5.64. The zero-order valence-electron chi connectivity index (χ0n) is 16.0. The van der Waals surface area contributed by atoms with E-state index < -0.39 is 4.92 Å². The molecule has 1 saturated heterocycles. The number of Topliss-reactive ketones (excluding diaryl/α,β-unsaturated/α-hetero) is 1. The van der Waals surface area contributed by atoms with Crippen molar-refractivity contribution in [2.24, 2.45) is 0 Å². The first kappa shape index (κ1) is 23.2. The largest absolute Gasteiger partial charge is 0.376 e. The van der Waals surface area contributed by atoms with Crippen LogP contribution in [0.25, 0.3) is 0 Å². The lowest BCUT2D eigenvalue weighted by Gasteiger charge is -2.34. The maximum atomic E-state index is 12.3. The van der Waals surface area contributed by atoms with Crippen molar-refractivity contribution in [3.63, 3.8) is 0 Å². The molecule has 0 aromatic carbocycles. The van der Waals surface area contributed by atoms with E-state index in [1.807, 2.05) is 4.90 Å². The van der Waals surface area contributed by atoms with E-state index in [4.69, 9.17) is 0 Å². The minimum Gasteiger partial charge on any atom is -0.358 e. The molecular formula is C17H25N5O5S2. The maximum absolute atomic E-state index is 12.3. The molecule has 0 saturated carbocycles. The van der Waals surface area contributed by atoms with Crippen molar-refractivity contribution in [2.75, 3.05) is 43.8 Å². The SMILES string of the molecule is O=C(CS)CCCCCC(=O)N1CCN(CC(=O)Nc2nc([N+](=O)[O-])cs2)CC1. The van der Waals surface area contributed by atoms with Crippen molar-refractivity contribution < 1.29 is 19.3 Å². The lowest BCUT2D eigenvalue weighted by atomic mass is 10.1. The predicted octanol–water partition coefficient (Wildman–Crippen LogP) is 1.58. The van der Waals surface area contributed by atoms with Gasteiger partial charge in [0.15, 0.2) is 0 Å². The number of carbonyl (C=O) groups excluding carboxylic acids is 3. The molecule has 2 rings (SSSR count). The van der Waals surface area contributed by atoms with E-state index >= 15 is 0 Å². The standard InChI is InChI=1S/C17H25N5O5S2/c23-13(11-28)4-2-1-3-5-16(25)21-8-6-20(7-9-21)10-15(24)19-17-18-14(12-29-17)22(26)27/h12,28H,1-11H2,(H,18,19,24). The van der Waals surface area contributed by atoms with Gasteiger partial charge in [-0.1, -0.05) is 17.8 Å². The highest BCUT2D eigenvalue weighted by molar-refractivity contribution is 7.81. The molecule has 0 unspecified atom stereocenters. The second-order valence-corrected chi connectivity index (χ2v) is 7.90. The van der Waals surface area contributed by atoms with Gasteiger partial charge >= 0.3 is 10.9 Å². The van der Waals surface area contributed by atoms with Gasteiger partial charge in [-0.15, -0.1) is 0 Å². The molecule has 1 fully saturated rings. The van der Waals surface area contributed by atoms with Gasteiger partial charge in [0.05, 0.1) is 11.9 Å². The quantitative estimate of drug-likeness (QED) is 0.230. The van der Waals surface area contributed by atoms with Gasteiger partial charge in [0, 0.05) is 44.8 Å². The van der Waals surface area contributed by atoms with Crippen LogP contribution in [0.5, 0.6) is 0 Å². The van der Waals surface area contributed by atoms with E-state index in [2.05, 4.69) is 22.9 Å². The zero-order chi connectivity index (χ0) is 21.2. The number of unbranched alkanes of at least 4 members (excludes halogenated alkanes) is 2. The van der Waals surface area contributed by atoms with Crippen LogP contribution in [0.1, 0.15) is 32.1 Å². The van der Waals surface area contributed by atoms with Gasteiger partial charge in [-0.05, 0) is 22.7 Å². The van der Waals surface area contributed by atoms with Crippen molar-refractivity contribution in [1.29, 1.82) is 0 Å². The average molecular weight is 444 g/mol. The summed E-state index contributed by atoms with van der Waals surface area (Å²) in [6.07, 6.45) is 3.39. The summed E-state index contributed by atoms with van der Waals surface area (Å²) in [7, 11) is 0. The summed E-state index contributed by atoms with van der Waals surface area (Å²) < 4.78 is 0. The van der Waals surface area contributed by atoms with Crippen LogP contribution in [0, 0.1) is 10.1 Å². The number of hydrogen-bond acceptors (Lipinski definition) is 9. The molecule has 0 radical (unpaired) electrons. The minimum absolute atomic E-state index is 0.102. The topological polar surface area (TPSA) is 126 Å². The molecule has 1 aliphatic heterocycles. The second-order valence-electron chi connectivity index (χ2n) is 6.73. The number of thiazole rings is 1. The van der Waals surface area contributed by atoms with Gasteiger partial charge in [0.25, 0.3) is 0 Å². The van der Waals surface area contributed by atoms with Crippen LogP contribution in [0.3, 0.4) is 0 Å². The lowest BCUT2D eigenvalue weighted by Crippen LogP contribution is -2.50. The Labute approximate surface area is 178 Å². The number of hydrogen-bond donors (Lipinski definition) is 2. The normalized spacial score (nSPS) is 14.6. The Morgan fingerprint density at radius 2 is 1.86 bits per heavy atom. The molecule has 1 aromatic rings. The summed E-state index contributed by atoms with van der Waals surface area (Å²) in [6.45, 7) is 2.45. The zero-order valence-corrected chi connectivity index (χ0v) is 17.8. The summed E-state index contributed by atoms with van der Waals surface area (Å²) in [4.78, 5) is 53.0. The summed E-state index contributed by atoms with van der Waals surface area (Å²) >= 11 is 4.94. The Balaban J connectivity index is 1.62. The summed E-state index contributed by atoms with van der Waals surface area (Å²) in [5, 5.41) is 14.7. The third kappa shape index (κ3) is 8.07. The number of ketones is 1. The molecule has 29 heavy (non-hydrogen) atoms. The Morgan fingerprint density at radius 3 is 2.48 bits per heavy atom. The molecular weight excluding hydrogens is 418 g/mol. The fourth-order valence-electron chi connectivity index (χ4n) is 2.94. The molecule has 2 amide bonds. The Hall–Kier alpha value is -2.05. The number of nitro groups is 1. The first-order chi connectivity index (χ1) is 13.9. The van der Waals surface area contributed by atoms with Crippen molar-refractivity contribution in [3.8, 4) is 0 Å². The molecule has 12 heteroatoms. The number of anilines is 1. The van der Waals surface area contributed by atoms with Gasteiger partial charge < -0.3 is 15.0 Å². The first-order valence-electron chi connectivity index (χ1n) is 9.41. The fraction of sp³-hybridized carbons (Fsp3) is 0.647. The van der Waals surface area contributed by atoms with Crippen molar-refractivity contribution in [3.05, 3.63) is 15.5 Å². The highest BCUT2D eigenvalue weighted by Crippen LogP contribution is 2.20. The van der Waals surface area contributed by atoms with Crippen LogP contribution < -0.4 is 5.32 Å². The van der Waals surface area contributed by atoms with Crippen molar-refractivity contribution in [2.45, 2.75) is 32.1 Å². The van der Waals surface area contributed by atoms with Gasteiger partial charge in [0.1, 0.15) is 5.78 Å². The van der Waals surface area contributed by atoms with Gasteiger partial charge in [-0.3, -0.25) is 24.6 Å². The van der Waals surface area contributed by atoms with E-state index in [-0.39, 0.29) is 40.8 Å². The average Bonchev–Trinajstić information content (AvgIpc) is 3.16. The number of thiol groups is 1. The van der Waals surface area contributed by atoms with Gasteiger partial charge in [0.2, 0.25) is 11.8 Å². The molecule has 1 aliphatic rings. The molecule has 0 atom stereocenters. The lowest BCUT2D eigenvalue weighted by molar-refractivity contribution is -0.389. The van der Waals surface area contributed by atoms with E-state index in [0.29, 0.717) is 39.0 Å². The molecule has 1 N–H and O–H groups in total. The monoisotopic (exact) mass is 443 g/mol. The fourth-order valence-corrected chi connectivity index (χ4v) is 3.77. The number of carbonyl (C=O) groups is 3. The van der Waals surface area contributed by atoms with E-state index in [1.165, 1.54) is 5.38 Å². The molecule has 1 aromatic heterocycles. The minimum atomic E-state index is -0.607. The summed E-state index contributed by atoms with van der Waals surface area (Å²) in [5.74, 6) is -0.0708. The van der Waals surface area contributed by atoms with Crippen molar-refractivity contribution >= 4 is 52.5 Å². The molecule has 2 heterocycles. The molecule has 0 aliphatic carbocycles. The van der Waals surface area contributed by atoms with Gasteiger partial charge in [-0.2, -0.15) is 12.6 Å². The maximum Gasteiger partial charge on any atom is 0.376 e. The Morgan fingerprint density at radius 1 is 1.17 bits per heavy atom. The van der Waals surface area contributed by atoms with Gasteiger partial charge in [-0.25, -0.2) is 0 Å². The number of nitrogens with one attached hydrogen (secondary N) is 1. The van der Waals surface area contributed by atoms with Crippen LogP contribution in [0.2, 0.25) is 0 Å². The van der Waals surface area contributed by atoms with Crippen molar-refractivity contribution in [1.82, 2.24) is 14.8 Å². The first-order valence-corrected chi connectivity index (χ1v) is 10.9. The van der Waals surface area contributed by atoms with E-state index in [1.54, 1.807) is 4.90 Å². The number of amides is 2. The highest BCUT2D eigenvalue weighted by Gasteiger charge is 2.23. The van der Waals surface area contributed by atoms with E-state index in [9.17, 15) is 24.5 Å². The summed E-state index contributed by atoms with van der Waals surface area (Å²) in [5.41, 5.74) is 0.